The number of thioether (sulfide) groups is 1. The van der Waals surface area contributed by atoms with E-state index in [9.17, 15) is 18.4 Å². The van der Waals surface area contributed by atoms with Gasteiger partial charge < -0.3 is 19.4 Å². The molecule has 1 amide bonds. The molecule has 0 saturated heterocycles. The number of amides is 1. The number of carbonyl (C=O) groups excluding carboxylic acids is 2. The number of ether oxygens (including phenoxy) is 2. The second-order valence-corrected chi connectivity index (χ2v) is 10.3. The SMILES string of the molecule is COC(=O)[C@H](CCSC)NC(=O)c1ccc(COC(Cn2ccnc2)c2ccc(F)cc2)cc1-c1ccc(F)cc1. The van der Waals surface area contributed by atoms with E-state index in [-0.39, 0.29) is 12.4 Å². The largest absolute Gasteiger partial charge is 0.467 e. The monoisotopic (exact) mass is 579 g/mol. The molecule has 41 heavy (non-hydrogen) atoms. The summed E-state index contributed by atoms with van der Waals surface area (Å²) in [5, 5.41) is 2.79. The van der Waals surface area contributed by atoms with Gasteiger partial charge in [-0.25, -0.2) is 18.6 Å². The number of nitrogens with one attached hydrogen (secondary N) is 1. The van der Waals surface area contributed by atoms with Crippen LogP contribution in [-0.2, 0) is 27.4 Å². The van der Waals surface area contributed by atoms with E-state index in [4.69, 9.17) is 9.47 Å². The molecule has 4 rings (SSSR count). The number of halogens is 2. The van der Waals surface area contributed by atoms with Crippen LogP contribution in [0.15, 0.2) is 85.5 Å². The third-order valence-electron chi connectivity index (χ3n) is 6.51. The van der Waals surface area contributed by atoms with Gasteiger partial charge in [-0.05, 0) is 77.1 Å². The molecule has 7 nitrogen and oxygen atoms in total. The molecule has 1 heterocycles. The maximum Gasteiger partial charge on any atom is 0.328 e. The number of carbonyl (C=O) groups is 2. The predicted molar refractivity (Wildman–Crippen MR) is 154 cm³/mol. The zero-order valence-electron chi connectivity index (χ0n) is 22.8. The minimum atomic E-state index is -0.802. The van der Waals surface area contributed by atoms with Crippen LogP contribution < -0.4 is 5.32 Å². The van der Waals surface area contributed by atoms with E-state index in [0.717, 1.165) is 11.1 Å². The number of hydrogen-bond acceptors (Lipinski definition) is 6. The first-order chi connectivity index (χ1) is 19.9. The maximum atomic E-state index is 13.7. The Morgan fingerprint density at radius 2 is 1.73 bits per heavy atom. The normalized spacial score (nSPS) is 12.5. The van der Waals surface area contributed by atoms with Crippen molar-refractivity contribution in [1.82, 2.24) is 14.9 Å². The highest BCUT2D eigenvalue weighted by molar-refractivity contribution is 7.98. The molecule has 214 valence electrons. The van der Waals surface area contributed by atoms with Gasteiger partial charge >= 0.3 is 5.97 Å². The molecule has 0 aliphatic rings. The number of hydrogen-bond donors (Lipinski definition) is 1. The van der Waals surface area contributed by atoms with Crippen molar-refractivity contribution in [3.63, 3.8) is 0 Å². The minimum Gasteiger partial charge on any atom is -0.467 e. The summed E-state index contributed by atoms with van der Waals surface area (Å²) in [5.41, 5.74) is 3.09. The molecule has 4 aromatic rings. The molecule has 0 bridgehead atoms. The van der Waals surface area contributed by atoms with E-state index in [2.05, 4.69) is 10.3 Å². The molecule has 3 aromatic carbocycles. The highest BCUT2D eigenvalue weighted by Gasteiger charge is 2.24. The number of benzene rings is 3. The van der Waals surface area contributed by atoms with Gasteiger partial charge in [0.25, 0.3) is 5.91 Å². The quantitative estimate of drug-likeness (QED) is 0.201. The van der Waals surface area contributed by atoms with Gasteiger partial charge in [0, 0.05) is 18.0 Å². The smallest absolute Gasteiger partial charge is 0.328 e. The van der Waals surface area contributed by atoms with Crippen molar-refractivity contribution in [3.05, 3.63) is 114 Å². The van der Waals surface area contributed by atoms with E-state index < -0.39 is 29.8 Å². The van der Waals surface area contributed by atoms with Crippen LogP contribution in [0.1, 0.15) is 34.0 Å². The van der Waals surface area contributed by atoms with Crippen molar-refractivity contribution < 1.29 is 27.8 Å². The number of imidazole rings is 1. The first-order valence-electron chi connectivity index (χ1n) is 13.0. The van der Waals surface area contributed by atoms with Gasteiger partial charge in [-0.2, -0.15) is 11.8 Å². The molecule has 0 radical (unpaired) electrons. The second-order valence-electron chi connectivity index (χ2n) is 9.33. The minimum absolute atomic E-state index is 0.186. The Hall–Kier alpha value is -4.02. The summed E-state index contributed by atoms with van der Waals surface area (Å²) in [6.07, 6.45) is 7.10. The molecule has 0 aliphatic carbocycles. The van der Waals surface area contributed by atoms with Gasteiger partial charge in [0.05, 0.1) is 26.6 Å². The third-order valence-corrected chi connectivity index (χ3v) is 7.16. The summed E-state index contributed by atoms with van der Waals surface area (Å²) in [6.45, 7) is 0.646. The summed E-state index contributed by atoms with van der Waals surface area (Å²) in [5.74, 6) is -1.04. The maximum absolute atomic E-state index is 13.7. The number of methoxy groups -OCH3 is 1. The average Bonchev–Trinajstić information content (AvgIpc) is 3.51. The Kier molecular flexibility index (Phi) is 10.6. The lowest BCUT2D eigenvalue weighted by atomic mass is 9.96. The van der Waals surface area contributed by atoms with Crippen LogP contribution in [0.4, 0.5) is 8.78 Å². The van der Waals surface area contributed by atoms with Crippen molar-refractivity contribution in [1.29, 1.82) is 0 Å². The summed E-state index contributed by atoms with van der Waals surface area (Å²) >= 11 is 1.56. The van der Waals surface area contributed by atoms with E-state index >= 15 is 0 Å². The number of rotatable bonds is 13. The van der Waals surface area contributed by atoms with E-state index in [0.29, 0.717) is 35.4 Å². The lowest BCUT2D eigenvalue weighted by molar-refractivity contribution is -0.142. The van der Waals surface area contributed by atoms with E-state index in [1.807, 2.05) is 23.1 Å². The fraction of sp³-hybridized carbons (Fsp3) is 0.258. The number of aromatic nitrogens is 2. The highest BCUT2D eigenvalue weighted by atomic mass is 32.2. The van der Waals surface area contributed by atoms with Gasteiger partial charge in [0.2, 0.25) is 0 Å². The van der Waals surface area contributed by atoms with E-state index in [1.54, 1.807) is 60.7 Å². The molecule has 0 spiro atoms. The van der Waals surface area contributed by atoms with Gasteiger partial charge in [-0.1, -0.05) is 30.3 Å². The van der Waals surface area contributed by atoms with Crippen LogP contribution in [0.5, 0.6) is 0 Å². The number of esters is 1. The molecule has 2 atom stereocenters. The molecule has 0 saturated carbocycles. The lowest BCUT2D eigenvalue weighted by Gasteiger charge is -2.20. The fourth-order valence-corrected chi connectivity index (χ4v) is 4.80. The van der Waals surface area contributed by atoms with Crippen LogP contribution in [0.2, 0.25) is 0 Å². The van der Waals surface area contributed by atoms with Crippen molar-refractivity contribution in [2.24, 2.45) is 0 Å². The molecule has 0 aliphatic heterocycles. The zero-order chi connectivity index (χ0) is 29.2. The summed E-state index contributed by atoms with van der Waals surface area (Å²) in [7, 11) is 1.28. The van der Waals surface area contributed by atoms with Crippen molar-refractivity contribution in [3.8, 4) is 11.1 Å². The van der Waals surface area contributed by atoms with Crippen LogP contribution in [0.3, 0.4) is 0 Å². The Bertz CT molecular complexity index is 1430. The number of nitrogens with zero attached hydrogens (tertiary/aromatic N) is 2. The van der Waals surface area contributed by atoms with Crippen molar-refractivity contribution in [2.45, 2.75) is 31.7 Å². The van der Waals surface area contributed by atoms with Crippen LogP contribution in [0.25, 0.3) is 11.1 Å². The molecule has 1 unspecified atom stereocenters. The summed E-state index contributed by atoms with van der Waals surface area (Å²) in [4.78, 5) is 29.8. The fourth-order valence-electron chi connectivity index (χ4n) is 4.33. The first kappa shape index (κ1) is 30.0. The average molecular weight is 580 g/mol. The van der Waals surface area contributed by atoms with Gasteiger partial charge in [0.1, 0.15) is 23.8 Å². The zero-order valence-corrected chi connectivity index (χ0v) is 23.6. The summed E-state index contributed by atoms with van der Waals surface area (Å²) in [6, 6.07) is 16.4. The first-order valence-corrected chi connectivity index (χ1v) is 14.4. The van der Waals surface area contributed by atoms with E-state index in [1.165, 1.54) is 31.4 Å². The standard InChI is InChI=1S/C31H31F2N3O4S/c1-39-31(38)28(13-16-41-2)35-30(37)26-12-3-21(17-27(26)22-4-8-24(32)9-5-22)19-40-29(18-36-15-14-34-20-36)23-6-10-25(33)11-7-23/h3-12,14-15,17,20,28-29H,13,16,18-19H2,1-2H3,(H,35,37)/t28-,29?/m0/s1. The van der Waals surface area contributed by atoms with Crippen molar-refractivity contribution >= 4 is 23.6 Å². The molecule has 1 aromatic heterocycles. The third kappa shape index (κ3) is 8.25. The Morgan fingerprint density at radius 1 is 1.02 bits per heavy atom. The van der Waals surface area contributed by atoms with Gasteiger partial charge in [-0.15, -0.1) is 0 Å². The Morgan fingerprint density at radius 3 is 2.37 bits per heavy atom. The van der Waals surface area contributed by atoms with Crippen molar-refractivity contribution in [2.75, 3.05) is 19.1 Å². The lowest BCUT2D eigenvalue weighted by Crippen LogP contribution is -2.42. The van der Waals surface area contributed by atoms with Crippen LogP contribution >= 0.6 is 11.8 Å². The highest BCUT2D eigenvalue weighted by Crippen LogP contribution is 2.28. The Balaban J connectivity index is 1.61. The molecular formula is C31H31F2N3O4S. The topological polar surface area (TPSA) is 82.5 Å². The van der Waals surface area contributed by atoms with Gasteiger partial charge in [-0.3, -0.25) is 4.79 Å². The van der Waals surface area contributed by atoms with Crippen LogP contribution in [-0.4, -0.2) is 46.6 Å². The second kappa shape index (κ2) is 14.6. The van der Waals surface area contributed by atoms with Crippen LogP contribution in [0, 0.1) is 11.6 Å². The van der Waals surface area contributed by atoms with Gasteiger partial charge in [0.15, 0.2) is 0 Å². The molecule has 1 N–H and O–H groups in total. The molecular weight excluding hydrogens is 548 g/mol. The molecule has 10 heteroatoms. The molecule has 0 fully saturated rings. The summed E-state index contributed by atoms with van der Waals surface area (Å²) < 4.78 is 40.4. The predicted octanol–water partition coefficient (Wildman–Crippen LogP) is 5.81. The Labute approximate surface area is 241 Å².